The van der Waals surface area contributed by atoms with Crippen LogP contribution >= 0.6 is 0 Å². The SMILES string of the molecule is CC#CC(=O)N1CCCCC1c1nc(-c2ccc(COc3cccc(F)c3)cc2)c2c(C)nccn12. The number of piperidine rings is 1. The molecule has 0 spiro atoms. The van der Waals surface area contributed by atoms with E-state index in [0.717, 1.165) is 53.1 Å². The minimum atomic E-state index is -0.325. The molecule has 182 valence electrons. The topological polar surface area (TPSA) is 59.7 Å². The maximum atomic E-state index is 13.4. The summed E-state index contributed by atoms with van der Waals surface area (Å²) >= 11 is 0. The van der Waals surface area contributed by atoms with Crippen molar-refractivity contribution in [2.24, 2.45) is 0 Å². The van der Waals surface area contributed by atoms with Gasteiger partial charge in [-0.25, -0.2) is 9.37 Å². The van der Waals surface area contributed by atoms with Crippen molar-refractivity contribution in [1.82, 2.24) is 19.3 Å². The van der Waals surface area contributed by atoms with Gasteiger partial charge in [-0.1, -0.05) is 36.3 Å². The average molecular weight is 483 g/mol. The summed E-state index contributed by atoms with van der Waals surface area (Å²) < 4.78 is 21.2. The second-order valence-corrected chi connectivity index (χ2v) is 8.88. The van der Waals surface area contributed by atoms with Crippen LogP contribution in [0.5, 0.6) is 5.75 Å². The number of hydrogen-bond acceptors (Lipinski definition) is 4. The molecule has 1 amide bonds. The van der Waals surface area contributed by atoms with Crippen LogP contribution in [0.25, 0.3) is 16.8 Å². The molecule has 1 unspecified atom stereocenters. The van der Waals surface area contributed by atoms with Crippen LogP contribution in [-0.2, 0) is 11.4 Å². The van der Waals surface area contributed by atoms with E-state index in [1.54, 1.807) is 25.3 Å². The van der Waals surface area contributed by atoms with E-state index in [1.165, 1.54) is 12.1 Å². The highest BCUT2D eigenvalue weighted by atomic mass is 19.1. The fourth-order valence-electron chi connectivity index (χ4n) is 4.76. The molecule has 1 atom stereocenters. The van der Waals surface area contributed by atoms with E-state index in [-0.39, 0.29) is 17.8 Å². The van der Waals surface area contributed by atoms with Crippen molar-refractivity contribution >= 4 is 11.4 Å². The third-order valence-electron chi connectivity index (χ3n) is 6.49. The van der Waals surface area contributed by atoms with Gasteiger partial charge in [0.05, 0.1) is 22.9 Å². The molecular weight excluding hydrogens is 455 g/mol. The second-order valence-electron chi connectivity index (χ2n) is 8.88. The Kier molecular flexibility index (Phi) is 6.68. The van der Waals surface area contributed by atoms with Crippen LogP contribution in [0.3, 0.4) is 0 Å². The molecule has 3 heterocycles. The molecule has 5 rings (SSSR count). The maximum absolute atomic E-state index is 13.4. The smallest absolute Gasteiger partial charge is 0.299 e. The molecule has 2 aromatic carbocycles. The molecule has 0 bridgehead atoms. The van der Waals surface area contributed by atoms with Crippen LogP contribution < -0.4 is 4.74 Å². The van der Waals surface area contributed by atoms with Crippen molar-refractivity contribution in [3.8, 4) is 28.8 Å². The fourth-order valence-corrected chi connectivity index (χ4v) is 4.76. The number of ether oxygens (including phenoxy) is 1. The molecule has 2 aromatic heterocycles. The van der Waals surface area contributed by atoms with Gasteiger partial charge in [-0.05, 0) is 56.7 Å². The first kappa shape index (κ1) is 23.6. The summed E-state index contributed by atoms with van der Waals surface area (Å²) in [6.45, 7) is 4.66. The minimum Gasteiger partial charge on any atom is -0.489 e. The highest BCUT2D eigenvalue weighted by Crippen LogP contribution is 2.35. The summed E-state index contributed by atoms with van der Waals surface area (Å²) in [6, 6.07) is 14.0. The number of aromatic nitrogens is 3. The van der Waals surface area contributed by atoms with Crippen LogP contribution in [0.1, 0.15) is 49.3 Å². The first-order valence-corrected chi connectivity index (χ1v) is 12.1. The number of hydrogen-bond donors (Lipinski definition) is 0. The number of amides is 1. The molecule has 1 aliphatic rings. The van der Waals surface area contributed by atoms with Gasteiger partial charge in [0.25, 0.3) is 5.91 Å². The standard InChI is InChI=1S/C29H27FN4O2/c1-3-7-26(35)33-16-5-4-10-25(33)29-32-27(28-20(2)31-15-17-34(28)29)22-13-11-21(12-14-22)19-36-24-9-6-8-23(30)18-24/h6,8-9,11-15,17-18,25H,4-5,10,16,19H2,1-2H3. The number of carbonyl (C=O) groups excluding carboxylic acids is 1. The van der Waals surface area contributed by atoms with Gasteiger partial charge >= 0.3 is 0 Å². The molecule has 0 aliphatic carbocycles. The van der Waals surface area contributed by atoms with Gasteiger partial charge in [-0.3, -0.25) is 14.2 Å². The van der Waals surface area contributed by atoms with Crippen molar-refractivity contribution in [2.75, 3.05) is 6.54 Å². The average Bonchev–Trinajstić information content (AvgIpc) is 3.29. The highest BCUT2D eigenvalue weighted by molar-refractivity contribution is 5.93. The Hall–Kier alpha value is -4.18. The first-order valence-electron chi connectivity index (χ1n) is 12.1. The Balaban J connectivity index is 1.48. The molecule has 0 N–H and O–H groups in total. The summed E-state index contributed by atoms with van der Waals surface area (Å²) in [5.41, 5.74) is 4.53. The molecular formula is C29H27FN4O2. The van der Waals surface area contributed by atoms with Crippen molar-refractivity contribution in [3.05, 3.63) is 83.8 Å². The van der Waals surface area contributed by atoms with Gasteiger partial charge in [-0.2, -0.15) is 0 Å². The lowest BCUT2D eigenvalue weighted by atomic mass is 10.0. The van der Waals surface area contributed by atoms with Gasteiger partial charge in [0.2, 0.25) is 0 Å². The van der Waals surface area contributed by atoms with Crippen LogP contribution in [0.15, 0.2) is 60.9 Å². The predicted molar refractivity (Wildman–Crippen MR) is 136 cm³/mol. The van der Waals surface area contributed by atoms with E-state index in [0.29, 0.717) is 18.9 Å². The Morgan fingerprint density at radius 3 is 2.81 bits per heavy atom. The van der Waals surface area contributed by atoms with Gasteiger partial charge in [-0.15, -0.1) is 0 Å². The molecule has 4 aromatic rings. The molecule has 36 heavy (non-hydrogen) atoms. The lowest BCUT2D eigenvalue weighted by Gasteiger charge is -2.33. The summed E-state index contributed by atoms with van der Waals surface area (Å²) in [5, 5.41) is 0. The molecule has 7 heteroatoms. The summed E-state index contributed by atoms with van der Waals surface area (Å²) in [6.07, 6.45) is 6.52. The highest BCUT2D eigenvalue weighted by Gasteiger charge is 2.31. The number of carbonyl (C=O) groups is 1. The normalized spacial score (nSPS) is 15.4. The zero-order valence-corrected chi connectivity index (χ0v) is 20.4. The van der Waals surface area contributed by atoms with Crippen LogP contribution in [0.4, 0.5) is 4.39 Å². The molecule has 1 fully saturated rings. The lowest BCUT2D eigenvalue weighted by Crippen LogP contribution is -2.38. The summed E-state index contributed by atoms with van der Waals surface area (Å²) in [5.74, 6) is 6.27. The van der Waals surface area contributed by atoms with Crippen LogP contribution in [0, 0.1) is 24.6 Å². The van der Waals surface area contributed by atoms with Gasteiger partial charge in [0, 0.05) is 30.6 Å². The maximum Gasteiger partial charge on any atom is 0.299 e. The molecule has 0 radical (unpaired) electrons. The van der Waals surface area contributed by atoms with Gasteiger partial charge in [0.1, 0.15) is 24.0 Å². The molecule has 1 aliphatic heterocycles. The number of halogens is 1. The minimum absolute atomic E-state index is 0.144. The summed E-state index contributed by atoms with van der Waals surface area (Å²) in [7, 11) is 0. The zero-order chi connectivity index (χ0) is 25.1. The zero-order valence-electron chi connectivity index (χ0n) is 20.4. The summed E-state index contributed by atoms with van der Waals surface area (Å²) in [4.78, 5) is 24.2. The number of rotatable bonds is 5. The quantitative estimate of drug-likeness (QED) is 0.353. The number of benzene rings is 2. The molecule has 0 saturated carbocycles. The van der Waals surface area contributed by atoms with E-state index >= 15 is 0 Å². The lowest BCUT2D eigenvalue weighted by molar-refractivity contribution is -0.129. The number of fused-ring (bicyclic) bond motifs is 1. The van der Waals surface area contributed by atoms with E-state index in [4.69, 9.17) is 9.72 Å². The van der Waals surface area contributed by atoms with Crippen molar-refractivity contribution in [1.29, 1.82) is 0 Å². The Labute approximate surface area is 209 Å². The first-order chi connectivity index (χ1) is 17.5. The molecule has 1 saturated heterocycles. The monoisotopic (exact) mass is 482 g/mol. The third-order valence-corrected chi connectivity index (χ3v) is 6.49. The number of aryl methyl sites for hydroxylation is 1. The Morgan fingerprint density at radius 1 is 1.19 bits per heavy atom. The van der Waals surface area contributed by atoms with Gasteiger partial charge in [0.15, 0.2) is 0 Å². The van der Waals surface area contributed by atoms with E-state index in [9.17, 15) is 9.18 Å². The van der Waals surface area contributed by atoms with Crippen LogP contribution in [-0.4, -0.2) is 31.7 Å². The van der Waals surface area contributed by atoms with E-state index < -0.39 is 0 Å². The van der Waals surface area contributed by atoms with Crippen molar-refractivity contribution in [3.63, 3.8) is 0 Å². The van der Waals surface area contributed by atoms with E-state index in [1.807, 2.05) is 42.3 Å². The Morgan fingerprint density at radius 2 is 2.03 bits per heavy atom. The number of likely N-dealkylation sites (tertiary alicyclic amines) is 1. The second kappa shape index (κ2) is 10.2. The van der Waals surface area contributed by atoms with Crippen molar-refractivity contribution < 1.29 is 13.9 Å². The van der Waals surface area contributed by atoms with E-state index in [2.05, 4.69) is 21.2 Å². The largest absolute Gasteiger partial charge is 0.489 e. The number of nitrogens with zero attached hydrogens (tertiary/aromatic N) is 4. The fraction of sp³-hybridized carbons (Fsp3) is 0.276. The Bertz CT molecular complexity index is 1470. The molecule has 6 nitrogen and oxygen atoms in total. The predicted octanol–water partition coefficient (Wildman–Crippen LogP) is 5.50. The van der Waals surface area contributed by atoms with Crippen LogP contribution in [0.2, 0.25) is 0 Å². The van der Waals surface area contributed by atoms with Gasteiger partial charge < -0.3 is 9.64 Å². The number of imidazole rings is 1. The third kappa shape index (κ3) is 4.67. The van der Waals surface area contributed by atoms with Crippen molar-refractivity contribution in [2.45, 2.75) is 45.8 Å².